The van der Waals surface area contributed by atoms with Gasteiger partial charge < -0.3 is 19.2 Å². The second-order valence-electron chi connectivity index (χ2n) is 6.87. The summed E-state index contributed by atoms with van der Waals surface area (Å²) in [5.74, 6) is 0.993. The van der Waals surface area contributed by atoms with E-state index in [1.807, 2.05) is 12.1 Å². The maximum Gasteiger partial charge on any atom is 0.280 e. The standard InChI is InChI=1S/C19H24N6O4/c1-27-10-7-25-11-14(23-24-25)18(26)22-19-20-16-13(12-5-8-29-9-6-12)3-4-15(28-2)17(16)21-19/h3-4,11-12H,5-10H2,1-2H3,(H2,20,21,22,26). The fourth-order valence-corrected chi connectivity index (χ4v) is 3.52. The zero-order valence-corrected chi connectivity index (χ0v) is 16.5. The lowest BCUT2D eigenvalue weighted by Crippen LogP contribution is -2.14. The maximum absolute atomic E-state index is 12.6. The summed E-state index contributed by atoms with van der Waals surface area (Å²) in [4.78, 5) is 20.4. The molecular weight excluding hydrogens is 376 g/mol. The molecule has 1 saturated heterocycles. The van der Waals surface area contributed by atoms with Crippen LogP contribution in [0.2, 0.25) is 0 Å². The highest BCUT2D eigenvalue weighted by Gasteiger charge is 2.22. The summed E-state index contributed by atoms with van der Waals surface area (Å²) in [5, 5.41) is 10.6. The Morgan fingerprint density at radius 2 is 2.17 bits per heavy atom. The molecule has 29 heavy (non-hydrogen) atoms. The van der Waals surface area contributed by atoms with Gasteiger partial charge in [-0.15, -0.1) is 5.10 Å². The number of imidazole rings is 1. The zero-order chi connectivity index (χ0) is 20.2. The molecule has 1 aliphatic rings. The lowest BCUT2D eigenvalue weighted by molar-refractivity contribution is 0.0856. The molecule has 2 aromatic heterocycles. The zero-order valence-electron chi connectivity index (χ0n) is 16.5. The van der Waals surface area contributed by atoms with Gasteiger partial charge in [0.2, 0.25) is 5.95 Å². The van der Waals surface area contributed by atoms with E-state index in [0.29, 0.717) is 30.8 Å². The summed E-state index contributed by atoms with van der Waals surface area (Å²) in [6, 6.07) is 3.98. The van der Waals surface area contributed by atoms with E-state index < -0.39 is 0 Å². The van der Waals surface area contributed by atoms with E-state index in [-0.39, 0.29) is 11.6 Å². The first-order valence-corrected chi connectivity index (χ1v) is 9.54. The molecule has 10 heteroatoms. The monoisotopic (exact) mass is 400 g/mol. The molecule has 0 atom stereocenters. The molecule has 0 aliphatic carbocycles. The fourth-order valence-electron chi connectivity index (χ4n) is 3.52. The lowest BCUT2D eigenvalue weighted by atomic mass is 9.90. The van der Waals surface area contributed by atoms with Gasteiger partial charge in [-0.2, -0.15) is 0 Å². The van der Waals surface area contributed by atoms with Crippen molar-refractivity contribution in [3.63, 3.8) is 0 Å². The van der Waals surface area contributed by atoms with E-state index in [0.717, 1.165) is 42.7 Å². The molecule has 0 saturated carbocycles. The van der Waals surface area contributed by atoms with Crippen LogP contribution in [0.25, 0.3) is 11.0 Å². The second-order valence-corrected chi connectivity index (χ2v) is 6.87. The van der Waals surface area contributed by atoms with Gasteiger partial charge in [0.15, 0.2) is 5.69 Å². The minimum atomic E-state index is -0.390. The van der Waals surface area contributed by atoms with Gasteiger partial charge in [-0.05, 0) is 30.4 Å². The van der Waals surface area contributed by atoms with Gasteiger partial charge in [0.25, 0.3) is 5.91 Å². The number of H-pyrrole nitrogens is 1. The molecule has 1 aliphatic heterocycles. The number of anilines is 1. The Kier molecular flexibility index (Phi) is 5.72. The summed E-state index contributed by atoms with van der Waals surface area (Å²) in [7, 11) is 3.22. The van der Waals surface area contributed by atoms with E-state index in [1.54, 1.807) is 25.1 Å². The number of hydrogen-bond donors (Lipinski definition) is 2. The van der Waals surface area contributed by atoms with Gasteiger partial charge in [0, 0.05) is 20.3 Å². The SMILES string of the molecule is COCCn1cc(C(=O)Nc2nc3c(C4CCOCC4)ccc(OC)c3[nH]2)nn1. The average Bonchev–Trinajstić information content (AvgIpc) is 3.39. The van der Waals surface area contributed by atoms with Crippen LogP contribution >= 0.6 is 0 Å². The number of carbonyl (C=O) groups is 1. The third-order valence-electron chi connectivity index (χ3n) is 5.05. The lowest BCUT2D eigenvalue weighted by Gasteiger charge is -2.22. The molecule has 0 spiro atoms. The molecular formula is C19H24N6O4. The molecule has 1 fully saturated rings. The van der Waals surface area contributed by atoms with Gasteiger partial charge in [-0.25, -0.2) is 9.67 Å². The fraction of sp³-hybridized carbons (Fsp3) is 0.474. The van der Waals surface area contributed by atoms with Gasteiger partial charge in [-0.1, -0.05) is 11.3 Å². The number of benzene rings is 1. The Labute approximate surface area is 167 Å². The number of rotatable bonds is 7. The number of aromatic nitrogens is 5. The van der Waals surface area contributed by atoms with E-state index in [2.05, 4.69) is 25.6 Å². The molecule has 4 rings (SSSR count). The summed E-state index contributed by atoms with van der Waals surface area (Å²) >= 11 is 0. The van der Waals surface area contributed by atoms with Crippen molar-refractivity contribution < 1.29 is 19.0 Å². The van der Waals surface area contributed by atoms with Crippen molar-refractivity contribution in [3.8, 4) is 5.75 Å². The van der Waals surface area contributed by atoms with Crippen molar-refractivity contribution >= 4 is 22.9 Å². The van der Waals surface area contributed by atoms with Crippen LogP contribution in [0.15, 0.2) is 18.3 Å². The molecule has 1 amide bonds. The van der Waals surface area contributed by atoms with Gasteiger partial charge >= 0.3 is 0 Å². The first-order valence-electron chi connectivity index (χ1n) is 9.54. The van der Waals surface area contributed by atoms with E-state index in [9.17, 15) is 4.79 Å². The van der Waals surface area contributed by atoms with Crippen LogP contribution in [0.4, 0.5) is 5.95 Å². The molecule has 3 heterocycles. The highest BCUT2D eigenvalue weighted by Crippen LogP contribution is 2.36. The largest absolute Gasteiger partial charge is 0.494 e. The van der Waals surface area contributed by atoms with Crippen molar-refractivity contribution in [2.24, 2.45) is 0 Å². The minimum Gasteiger partial charge on any atom is -0.494 e. The Morgan fingerprint density at radius 3 is 2.93 bits per heavy atom. The molecule has 0 unspecified atom stereocenters. The average molecular weight is 400 g/mol. The number of aromatic amines is 1. The molecule has 10 nitrogen and oxygen atoms in total. The quantitative estimate of drug-likeness (QED) is 0.623. The maximum atomic E-state index is 12.6. The first-order chi connectivity index (χ1) is 14.2. The summed E-state index contributed by atoms with van der Waals surface area (Å²) < 4.78 is 17.5. The van der Waals surface area contributed by atoms with E-state index in [4.69, 9.17) is 14.2 Å². The number of nitrogens with zero attached hydrogens (tertiary/aromatic N) is 4. The van der Waals surface area contributed by atoms with Crippen LogP contribution in [-0.4, -0.2) is 64.9 Å². The normalized spacial score (nSPS) is 15.0. The summed E-state index contributed by atoms with van der Waals surface area (Å²) in [5.41, 5.74) is 2.90. The Morgan fingerprint density at radius 1 is 1.34 bits per heavy atom. The third-order valence-corrected chi connectivity index (χ3v) is 5.05. The Hall–Kier alpha value is -2.98. The van der Waals surface area contributed by atoms with Crippen LogP contribution < -0.4 is 10.1 Å². The number of carbonyl (C=O) groups excluding carboxylic acids is 1. The van der Waals surface area contributed by atoms with Crippen molar-refractivity contribution in [1.29, 1.82) is 0 Å². The number of ether oxygens (including phenoxy) is 3. The van der Waals surface area contributed by atoms with E-state index in [1.165, 1.54) is 0 Å². The topological polar surface area (TPSA) is 116 Å². The van der Waals surface area contributed by atoms with Crippen LogP contribution in [-0.2, 0) is 16.0 Å². The molecule has 3 aromatic rings. The third kappa shape index (κ3) is 4.08. The van der Waals surface area contributed by atoms with Crippen LogP contribution in [0, 0.1) is 0 Å². The summed E-state index contributed by atoms with van der Waals surface area (Å²) in [6.07, 6.45) is 3.46. The first kappa shape index (κ1) is 19.3. The van der Waals surface area contributed by atoms with Gasteiger partial charge in [0.1, 0.15) is 11.3 Å². The molecule has 0 radical (unpaired) electrons. The van der Waals surface area contributed by atoms with Gasteiger partial charge in [0.05, 0.1) is 32.0 Å². The van der Waals surface area contributed by atoms with Crippen LogP contribution in [0.3, 0.4) is 0 Å². The highest BCUT2D eigenvalue weighted by atomic mass is 16.5. The molecule has 154 valence electrons. The van der Waals surface area contributed by atoms with Crippen LogP contribution in [0.1, 0.15) is 34.8 Å². The minimum absolute atomic E-state index is 0.207. The van der Waals surface area contributed by atoms with Crippen molar-refractivity contribution in [3.05, 3.63) is 29.6 Å². The number of hydrogen-bond acceptors (Lipinski definition) is 7. The highest BCUT2D eigenvalue weighted by molar-refractivity contribution is 6.02. The Bertz CT molecular complexity index is 992. The number of fused-ring (bicyclic) bond motifs is 1. The van der Waals surface area contributed by atoms with Crippen molar-refractivity contribution in [1.82, 2.24) is 25.0 Å². The number of amides is 1. The molecule has 1 aromatic carbocycles. The van der Waals surface area contributed by atoms with Gasteiger partial charge in [-0.3, -0.25) is 10.1 Å². The Balaban J connectivity index is 1.59. The number of methoxy groups -OCH3 is 2. The van der Waals surface area contributed by atoms with E-state index >= 15 is 0 Å². The van der Waals surface area contributed by atoms with Crippen molar-refractivity contribution in [2.45, 2.75) is 25.3 Å². The molecule has 2 N–H and O–H groups in total. The predicted molar refractivity (Wildman–Crippen MR) is 105 cm³/mol. The predicted octanol–water partition coefficient (Wildman–Crippen LogP) is 1.96. The van der Waals surface area contributed by atoms with Crippen molar-refractivity contribution in [2.75, 3.05) is 39.4 Å². The number of nitrogens with one attached hydrogen (secondary N) is 2. The smallest absolute Gasteiger partial charge is 0.280 e. The summed E-state index contributed by atoms with van der Waals surface area (Å²) in [6.45, 7) is 2.49. The van der Waals surface area contributed by atoms with Crippen LogP contribution in [0.5, 0.6) is 5.75 Å². The molecule has 0 bridgehead atoms. The second kappa shape index (κ2) is 8.58.